The van der Waals surface area contributed by atoms with Gasteiger partial charge in [-0.3, -0.25) is 0 Å². The predicted molar refractivity (Wildman–Crippen MR) is 75.0 cm³/mol. The molecule has 1 rings (SSSR count). The highest BCUT2D eigenvalue weighted by molar-refractivity contribution is 7.99. The first kappa shape index (κ1) is 15.6. The van der Waals surface area contributed by atoms with Crippen LogP contribution in [-0.2, 0) is 4.74 Å². The van der Waals surface area contributed by atoms with Crippen molar-refractivity contribution < 1.29 is 14.6 Å². The summed E-state index contributed by atoms with van der Waals surface area (Å²) in [6, 6.07) is 0. The number of aliphatic hydroxyl groups excluding tert-OH is 1. The maximum absolute atomic E-state index is 12.2. The minimum Gasteiger partial charge on any atom is -0.444 e. The number of thioether (sulfide) groups is 1. The topological polar surface area (TPSA) is 49.8 Å². The Morgan fingerprint density at radius 3 is 2.39 bits per heavy atom. The average molecular weight is 275 g/mol. The lowest BCUT2D eigenvalue weighted by atomic mass is 9.87. The smallest absolute Gasteiger partial charge is 0.410 e. The van der Waals surface area contributed by atoms with Gasteiger partial charge in [-0.1, -0.05) is 0 Å². The van der Waals surface area contributed by atoms with Gasteiger partial charge in [0.25, 0.3) is 0 Å². The van der Waals surface area contributed by atoms with Gasteiger partial charge in [-0.05, 0) is 51.5 Å². The van der Waals surface area contributed by atoms with E-state index in [9.17, 15) is 9.90 Å². The zero-order chi connectivity index (χ0) is 13.8. The molecule has 1 aliphatic heterocycles. The van der Waals surface area contributed by atoms with Crippen LogP contribution in [0.2, 0.25) is 0 Å². The molecule has 1 heterocycles. The van der Waals surface area contributed by atoms with Gasteiger partial charge >= 0.3 is 6.09 Å². The molecule has 0 saturated carbocycles. The Labute approximate surface area is 114 Å². The molecule has 4 nitrogen and oxygen atoms in total. The number of nitrogens with zero attached hydrogens (tertiary/aromatic N) is 1. The van der Waals surface area contributed by atoms with Crippen molar-refractivity contribution in [2.45, 2.75) is 51.2 Å². The second kappa shape index (κ2) is 6.15. The summed E-state index contributed by atoms with van der Waals surface area (Å²) in [5.41, 5.74) is -0.711. The highest BCUT2D eigenvalue weighted by atomic mass is 32.2. The molecule has 0 unspecified atom stereocenters. The van der Waals surface area contributed by atoms with Gasteiger partial charge in [0.2, 0.25) is 0 Å². The number of amides is 1. The molecule has 0 bridgehead atoms. The average Bonchev–Trinajstić information content (AvgIpc) is 2.27. The zero-order valence-electron chi connectivity index (χ0n) is 11.9. The van der Waals surface area contributed by atoms with Crippen molar-refractivity contribution in [2.24, 2.45) is 0 Å². The molecule has 0 aromatic rings. The van der Waals surface area contributed by atoms with Crippen molar-refractivity contribution >= 4 is 17.9 Å². The highest BCUT2D eigenvalue weighted by Crippen LogP contribution is 2.35. The third-order valence-electron chi connectivity index (χ3n) is 3.38. The second-order valence-corrected chi connectivity index (χ2v) is 7.07. The summed E-state index contributed by atoms with van der Waals surface area (Å²) in [5.74, 6) is 2.07. The Hall–Kier alpha value is -0.420. The lowest BCUT2D eigenvalue weighted by Gasteiger charge is -2.44. The first-order valence-electron chi connectivity index (χ1n) is 6.46. The van der Waals surface area contributed by atoms with E-state index >= 15 is 0 Å². The fraction of sp³-hybridized carbons (Fsp3) is 0.923. The van der Waals surface area contributed by atoms with E-state index in [1.807, 2.05) is 32.5 Å². The molecule has 0 radical (unpaired) electrons. The standard InChI is InChI=1S/C13H25NO3S/c1-12(2,3)17-11(16)14(4)13(5-8-15)6-9-18-10-7-13/h15H,5-10H2,1-4H3. The van der Waals surface area contributed by atoms with Crippen molar-refractivity contribution in [1.29, 1.82) is 0 Å². The lowest BCUT2D eigenvalue weighted by molar-refractivity contribution is -0.00264. The van der Waals surface area contributed by atoms with E-state index in [0.717, 1.165) is 24.3 Å². The molecule has 18 heavy (non-hydrogen) atoms. The molecule has 0 aromatic heterocycles. The first-order chi connectivity index (χ1) is 8.31. The number of ether oxygens (including phenoxy) is 1. The molecule has 1 aliphatic rings. The summed E-state index contributed by atoms with van der Waals surface area (Å²) >= 11 is 1.90. The first-order valence-corrected chi connectivity index (χ1v) is 7.62. The zero-order valence-corrected chi connectivity index (χ0v) is 12.7. The summed E-state index contributed by atoms with van der Waals surface area (Å²) in [6.07, 6.45) is 2.19. The fourth-order valence-electron chi connectivity index (χ4n) is 2.24. The molecular formula is C13H25NO3S. The highest BCUT2D eigenvalue weighted by Gasteiger charge is 2.39. The summed E-state index contributed by atoms with van der Waals surface area (Å²) in [5, 5.41) is 9.26. The normalized spacial score (nSPS) is 19.4. The van der Waals surface area contributed by atoms with Crippen molar-refractivity contribution in [1.82, 2.24) is 4.90 Å². The quantitative estimate of drug-likeness (QED) is 0.860. The van der Waals surface area contributed by atoms with E-state index in [0.29, 0.717) is 6.42 Å². The number of carbonyl (C=O) groups excluding carboxylic acids is 1. The van der Waals surface area contributed by atoms with E-state index in [4.69, 9.17) is 4.74 Å². The maximum atomic E-state index is 12.2. The van der Waals surface area contributed by atoms with Crippen LogP contribution in [0.5, 0.6) is 0 Å². The van der Waals surface area contributed by atoms with E-state index in [1.54, 1.807) is 11.9 Å². The largest absolute Gasteiger partial charge is 0.444 e. The molecule has 1 saturated heterocycles. The van der Waals surface area contributed by atoms with Gasteiger partial charge in [0.15, 0.2) is 0 Å². The van der Waals surface area contributed by atoms with E-state index < -0.39 is 5.60 Å². The van der Waals surface area contributed by atoms with Gasteiger partial charge in [-0.2, -0.15) is 11.8 Å². The Balaban J connectivity index is 2.75. The van der Waals surface area contributed by atoms with Crippen LogP contribution in [0.1, 0.15) is 40.0 Å². The van der Waals surface area contributed by atoms with E-state index in [1.165, 1.54) is 0 Å². The minimum absolute atomic E-state index is 0.109. The molecule has 0 aliphatic carbocycles. The minimum atomic E-state index is -0.477. The van der Waals surface area contributed by atoms with Gasteiger partial charge in [-0.15, -0.1) is 0 Å². The predicted octanol–water partition coefficient (Wildman–Crippen LogP) is 2.50. The van der Waals surface area contributed by atoms with Crippen molar-refractivity contribution in [2.75, 3.05) is 25.2 Å². The second-order valence-electron chi connectivity index (χ2n) is 5.85. The Bertz CT molecular complexity index is 277. The SMILES string of the molecule is CN(C(=O)OC(C)(C)C)C1(CCO)CCSCC1. The van der Waals surface area contributed by atoms with Gasteiger partial charge < -0.3 is 14.7 Å². The van der Waals surface area contributed by atoms with E-state index in [2.05, 4.69) is 0 Å². The number of hydrogen-bond acceptors (Lipinski definition) is 4. The fourth-order valence-corrected chi connectivity index (χ4v) is 3.49. The molecular weight excluding hydrogens is 250 g/mol. The van der Waals surface area contributed by atoms with Crippen LogP contribution in [0.25, 0.3) is 0 Å². The molecule has 5 heteroatoms. The van der Waals surface area contributed by atoms with Crippen LogP contribution < -0.4 is 0 Å². The molecule has 1 N–H and O–H groups in total. The molecule has 0 aromatic carbocycles. The summed E-state index contributed by atoms with van der Waals surface area (Å²) in [7, 11) is 1.79. The Kier molecular flexibility index (Phi) is 5.34. The Morgan fingerprint density at radius 2 is 1.94 bits per heavy atom. The van der Waals surface area contributed by atoms with Gasteiger partial charge in [0, 0.05) is 19.2 Å². The van der Waals surface area contributed by atoms with Gasteiger partial charge in [0.05, 0.1) is 0 Å². The van der Waals surface area contributed by atoms with Crippen LogP contribution in [0.3, 0.4) is 0 Å². The summed E-state index contributed by atoms with van der Waals surface area (Å²) in [6.45, 7) is 5.72. The lowest BCUT2D eigenvalue weighted by Crippen LogP contribution is -2.53. The summed E-state index contributed by atoms with van der Waals surface area (Å²) < 4.78 is 5.42. The van der Waals surface area contributed by atoms with Crippen LogP contribution in [-0.4, -0.2) is 52.4 Å². The molecule has 106 valence electrons. The van der Waals surface area contributed by atoms with E-state index in [-0.39, 0.29) is 18.2 Å². The van der Waals surface area contributed by atoms with Crippen LogP contribution in [0.4, 0.5) is 4.79 Å². The maximum Gasteiger partial charge on any atom is 0.410 e. The molecule has 0 atom stereocenters. The third kappa shape index (κ3) is 4.05. The van der Waals surface area contributed by atoms with Crippen LogP contribution >= 0.6 is 11.8 Å². The van der Waals surface area contributed by atoms with Gasteiger partial charge in [0.1, 0.15) is 5.60 Å². The third-order valence-corrected chi connectivity index (χ3v) is 4.37. The molecule has 1 amide bonds. The monoisotopic (exact) mass is 275 g/mol. The molecule has 1 fully saturated rings. The van der Waals surface area contributed by atoms with Crippen LogP contribution in [0, 0.1) is 0 Å². The number of rotatable bonds is 3. The van der Waals surface area contributed by atoms with Crippen LogP contribution in [0.15, 0.2) is 0 Å². The summed E-state index contributed by atoms with van der Waals surface area (Å²) in [4.78, 5) is 13.9. The van der Waals surface area contributed by atoms with Crippen molar-refractivity contribution in [3.8, 4) is 0 Å². The van der Waals surface area contributed by atoms with Crippen molar-refractivity contribution in [3.05, 3.63) is 0 Å². The molecule has 0 spiro atoms. The number of hydrogen-bond donors (Lipinski definition) is 1. The van der Waals surface area contributed by atoms with Crippen molar-refractivity contribution in [3.63, 3.8) is 0 Å². The number of carbonyl (C=O) groups is 1. The number of aliphatic hydroxyl groups is 1. The van der Waals surface area contributed by atoms with Gasteiger partial charge in [-0.25, -0.2) is 4.79 Å². The Morgan fingerprint density at radius 1 is 1.39 bits per heavy atom.